The Labute approximate surface area is 91.5 Å². The van der Waals surface area contributed by atoms with Crippen LogP contribution in [0.1, 0.15) is 49.1 Å². The molecule has 1 nitrogen and oxygen atoms in total. The Kier molecular flexibility index (Phi) is 4.14. The maximum Gasteiger partial charge on any atom is 0.0388 e. The second-order valence-electron chi connectivity index (χ2n) is 4.15. The molecule has 1 aromatic heterocycles. The van der Waals surface area contributed by atoms with Gasteiger partial charge in [0.2, 0.25) is 0 Å². The summed E-state index contributed by atoms with van der Waals surface area (Å²) in [5, 5.41) is 3.53. The quantitative estimate of drug-likeness (QED) is 0.801. The fraction of sp³-hybridized carbons (Fsp3) is 0.667. The lowest BCUT2D eigenvalue weighted by Gasteiger charge is -2.14. The third kappa shape index (κ3) is 2.82. The molecule has 0 fully saturated rings. The van der Waals surface area contributed by atoms with Gasteiger partial charge in [-0.1, -0.05) is 20.8 Å². The Morgan fingerprint density at radius 2 is 2.00 bits per heavy atom. The van der Waals surface area contributed by atoms with E-state index in [0.29, 0.717) is 12.1 Å². The molecule has 0 aliphatic rings. The topological polar surface area (TPSA) is 12.0 Å². The van der Waals surface area contributed by atoms with Crippen molar-refractivity contribution in [2.75, 3.05) is 0 Å². The molecule has 1 N–H and O–H groups in total. The van der Waals surface area contributed by atoms with Crippen molar-refractivity contribution >= 4 is 11.3 Å². The lowest BCUT2D eigenvalue weighted by atomic mass is 10.2. The molecule has 0 saturated carbocycles. The first-order valence-electron chi connectivity index (χ1n) is 5.39. The van der Waals surface area contributed by atoms with Crippen LogP contribution in [0.5, 0.6) is 0 Å². The van der Waals surface area contributed by atoms with E-state index in [0.717, 1.165) is 6.42 Å². The van der Waals surface area contributed by atoms with Gasteiger partial charge in [0.1, 0.15) is 0 Å². The molecule has 0 aromatic carbocycles. The molecule has 0 radical (unpaired) electrons. The number of thiophene rings is 1. The van der Waals surface area contributed by atoms with Gasteiger partial charge in [-0.15, -0.1) is 11.3 Å². The van der Waals surface area contributed by atoms with Crippen molar-refractivity contribution in [3.8, 4) is 0 Å². The summed E-state index contributed by atoms with van der Waals surface area (Å²) in [6.45, 7) is 11.1. The van der Waals surface area contributed by atoms with Gasteiger partial charge in [0, 0.05) is 21.8 Å². The lowest BCUT2D eigenvalue weighted by Crippen LogP contribution is -2.25. The molecule has 0 amide bonds. The van der Waals surface area contributed by atoms with Crippen molar-refractivity contribution in [3.63, 3.8) is 0 Å². The van der Waals surface area contributed by atoms with Gasteiger partial charge < -0.3 is 5.32 Å². The average molecular weight is 211 g/mol. The summed E-state index contributed by atoms with van der Waals surface area (Å²) in [5.41, 5.74) is 1.45. The number of aryl methyl sites for hydroxylation is 2. The summed E-state index contributed by atoms with van der Waals surface area (Å²) in [4.78, 5) is 2.99. The van der Waals surface area contributed by atoms with Crippen LogP contribution in [0.25, 0.3) is 0 Å². The van der Waals surface area contributed by atoms with Gasteiger partial charge in [-0.05, 0) is 31.9 Å². The first-order valence-corrected chi connectivity index (χ1v) is 6.21. The zero-order chi connectivity index (χ0) is 10.7. The van der Waals surface area contributed by atoms with Gasteiger partial charge in [0.15, 0.2) is 0 Å². The van der Waals surface area contributed by atoms with Crippen LogP contribution < -0.4 is 5.32 Å². The van der Waals surface area contributed by atoms with E-state index in [1.807, 2.05) is 11.3 Å². The minimum absolute atomic E-state index is 0.485. The summed E-state index contributed by atoms with van der Waals surface area (Å²) in [6.07, 6.45) is 1.16. The largest absolute Gasteiger partial charge is 0.307 e. The van der Waals surface area contributed by atoms with Gasteiger partial charge in [-0.2, -0.15) is 0 Å². The molecular weight excluding hydrogens is 190 g/mol. The summed E-state index contributed by atoms with van der Waals surface area (Å²) in [5.74, 6) is 0. The Hall–Kier alpha value is -0.340. The number of hydrogen-bond acceptors (Lipinski definition) is 2. The molecule has 0 aliphatic carbocycles. The van der Waals surface area contributed by atoms with E-state index >= 15 is 0 Å². The van der Waals surface area contributed by atoms with Crippen molar-refractivity contribution in [2.45, 2.75) is 53.1 Å². The SMILES string of the molecule is CCc1sc(C(C)NC(C)C)cc1C. The number of hydrogen-bond donors (Lipinski definition) is 1. The van der Waals surface area contributed by atoms with Crippen molar-refractivity contribution in [1.29, 1.82) is 0 Å². The van der Waals surface area contributed by atoms with Gasteiger partial charge >= 0.3 is 0 Å². The highest BCUT2D eigenvalue weighted by Crippen LogP contribution is 2.27. The standard InChI is InChI=1S/C12H21NS/c1-6-11-9(4)7-12(14-11)10(5)13-8(2)3/h7-8,10,13H,6H2,1-5H3. The predicted octanol–water partition coefficient (Wildman–Crippen LogP) is 3.68. The average Bonchev–Trinajstić information content (AvgIpc) is 2.45. The Balaban J connectivity index is 2.75. The maximum absolute atomic E-state index is 3.53. The molecule has 0 bridgehead atoms. The van der Waals surface area contributed by atoms with Crippen LogP contribution in [-0.4, -0.2) is 6.04 Å². The minimum Gasteiger partial charge on any atom is -0.307 e. The molecule has 1 rings (SSSR count). The van der Waals surface area contributed by atoms with Crippen molar-refractivity contribution < 1.29 is 0 Å². The van der Waals surface area contributed by atoms with Gasteiger partial charge in [-0.3, -0.25) is 0 Å². The predicted molar refractivity (Wildman–Crippen MR) is 65.1 cm³/mol. The molecular formula is C12H21NS. The maximum atomic E-state index is 3.53. The summed E-state index contributed by atoms with van der Waals surface area (Å²) < 4.78 is 0. The van der Waals surface area contributed by atoms with Crippen LogP contribution in [-0.2, 0) is 6.42 Å². The molecule has 14 heavy (non-hydrogen) atoms. The van der Waals surface area contributed by atoms with Crippen LogP contribution in [0.2, 0.25) is 0 Å². The molecule has 1 unspecified atom stereocenters. The smallest absolute Gasteiger partial charge is 0.0388 e. The first-order chi connectivity index (χ1) is 6.54. The Bertz CT molecular complexity index is 289. The van der Waals surface area contributed by atoms with E-state index in [1.165, 1.54) is 15.3 Å². The molecule has 0 saturated heterocycles. The van der Waals surface area contributed by atoms with Crippen LogP contribution >= 0.6 is 11.3 Å². The Morgan fingerprint density at radius 3 is 2.43 bits per heavy atom. The monoisotopic (exact) mass is 211 g/mol. The molecule has 1 atom stereocenters. The highest BCUT2D eigenvalue weighted by atomic mass is 32.1. The highest BCUT2D eigenvalue weighted by Gasteiger charge is 2.11. The zero-order valence-electron chi connectivity index (χ0n) is 9.85. The van der Waals surface area contributed by atoms with Crippen molar-refractivity contribution in [3.05, 3.63) is 21.4 Å². The van der Waals surface area contributed by atoms with Crippen LogP contribution in [0.3, 0.4) is 0 Å². The van der Waals surface area contributed by atoms with Gasteiger partial charge in [0.05, 0.1) is 0 Å². The minimum atomic E-state index is 0.485. The lowest BCUT2D eigenvalue weighted by molar-refractivity contribution is 0.512. The first kappa shape index (κ1) is 11.7. The normalized spacial score (nSPS) is 13.6. The van der Waals surface area contributed by atoms with Gasteiger partial charge in [0.25, 0.3) is 0 Å². The van der Waals surface area contributed by atoms with Crippen LogP contribution in [0.15, 0.2) is 6.07 Å². The van der Waals surface area contributed by atoms with E-state index in [4.69, 9.17) is 0 Å². The van der Waals surface area contributed by atoms with Crippen molar-refractivity contribution in [2.24, 2.45) is 0 Å². The third-order valence-corrected chi connectivity index (χ3v) is 3.94. The van der Waals surface area contributed by atoms with Gasteiger partial charge in [-0.25, -0.2) is 0 Å². The van der Waals surface area contributed by atoms with E-state index in [-0.39, 0.29) is 0 Å². The summed E-state index contributed by atoms with van der Waals surface area (Å²) in [7, 11) is 0. The van der Waals surface area contributed by atoms with Crippen molar-refractivity contribution in [1.82, 2.24) is 5.32 Å². The molecule has 1 aromatic rings. The second-order valence-corrected chi connectivity index (χ2v) is 5.32. The van der Waals surface area contributed by atoms with Crippen LogP contribution in [0.4, 0.5) is 0 Å². The second kappa shape index (κ2) is 4.94. The van der Waals surface area contributed by atoms with E-state index in [2.05, 4.69) is 46.0 Å². The molecule has 1 heterocycles. The highest BCUT2D eigenvalue weighted by molar-refractivity contribution is 7.12. The number of nitrogens with one attached hydrogen (secondary N) is 1. The third-order valence-electron chi connectivity index (χ3n) is 2.37. The fourth-order valence-corrected chi connectivity index (χ4v) is 2.82. The molecule has 2 heteroatoms. The van der Waals surface area contributed by atoms with E-state index < -0.39 is 0 Å². The molecule has 0 spiro atoms. The fourth-order valence-electron chi connectivity index (χ4n) is 1.69. The molecule has 80 valence electrons. The Morgan fingerprint density at radius 1 is 1.36 bits per heavy atom. The summed E-state index contributed by atoms with van der Waals surface area (Å²) in [6, 6.07) is 3.36. The zero-order valence-corrected chi connectivity index (χ0v) is 10.7. The van der Waals surface area contributed by atoms with E-state index in [1.54, 1.807) is 0 Å². The number of rotatable bonds is 4. The molecule has 0 aliphatic heterocycles. The summed E-state index contributed by atoms with van der Waals surface area (Å²) >= 11 is 1.95. The van der Waals surface area contributed by atoms with Crippen LogP contribution in [0, 0.1) is 6.92 Å². The van der Waals surface area contributed by atoms with E-state index in [9.17, 15) is 0 Å².